The van der Waals surface area contributed by atoms with Crippen molar-refractivity contribution in [2.75, 3.05) is 39.4 Å². The first-order valence-electron chi connectivity index (χ1n) is 8.82. The number of guanidine groups is 1. The van der Waals surface area contributed by atoms with E-state index in [9.17, 15) is 5.11 Å². The molecule has 3 rings (SSSR count). The van der Waals surface area contributed by atoms with Gasteiger partial charge in [-0.3, -0.25) is 4.90 Å². The second-order valence-corrected chi connectivity index (χ2v) is 6.55. The third-order valence-corrected chi connectivity index (χ3v) is 4.82. The number of nitrogens with zero attached hydrogens (tertiary/aromatic N) is 3. The second-order valence-electron chi connectivity index (χ2n) is 6.55. The van der Waals surface area contributed by atoms with Crippen LogP contribution in [0.3, 0.4) is 0 Å². The van der Waals surface area contributed by atoms with E-state index < -0.39 is 0 Å². The molecule has 1 aromatic rings. The van der Waals surface area contributed by atoms with Gasteiger partial charge in [0.05, 0.1) is 25.9 Å². The van der Waals surface area contributed by atoms with Crippen molar-refractivity contribution in [3.8, 4) is 0 Å². The van der Waals surface area contributed by atoms with Crippen LogP contribution in [0.2, 0.25) is 0 Å². The van der Waals surface area contributed by atoms with Crippen LogP contribution < -0.4 is 5.73 Å². The molecule has 2 aliphatic rings. The maximum Gasteiger partial charge on any atom is 0.191 e. The van der Waals surface area contributed by atoms with Crippen LogP contribution in [0.5, 0.6) is 0 Å². The van der Waals surface area contributed by atoms with Crippen molar-refractivity contribution in [1.29, 1.82) is 0 Å². The lowest BCUT2D eigenvalue weighted by atomic mass is 10.0. The van der Waals surface area contributed by atoms with Gasteiger partial charge in [0, 0.05) is 32.7 Å². The molecule has 2 aliphatic heterocycles. The highest BCUT2D eigenvalue weighted by molar-refractivity contribution is 5.78. The lowest BCUT2D eigenvalue weighted by Gasteiger charge is -2.30. The lowest BCUT2D eigenvalue weighted by Crippen LogP contribution is -2.44. The summed E-state index contributed by atoms with van der Waals surface area (Å²) in [6.07, 6.45) is 1.60. The summed E-state index contributed by atoms with van der Waals surface area (Å²) in [4.78, 5) is 9.08. The predicted molar refractivity (Wildman–Crippen MR) is 94.7 cm³/mol. The Balaban J connectivity index is 1.61. The van der Waals surface area contributed by atoms with Gasteiger partial charge in [0.15, 0.2) is 5.96 Å². The molecule has 0 spiro atoms. The fourth-order valence-corrected chi connectivity index (χ4v) is 3.24. The van der Waals surface area contributed by atoms with Crippen LogP contribution in [0.15, 0.2) is 29.3 Å². The quantitative estimate of drug-likeness (QED) is 0.630. The van der Waals surface area contributed by atoms with Crippen molar-refractivity contribution in [3.05, 3.63) is 35.4 Å². The molecule has 6 nitrogen and oxygen atoms in total. The Morgan fingerprint density at radius 1 is 1.12 bits per heavy atom. The SMILES string of the molecule is NC(=NCc1ccccc1CN1CCC(O)CC1)N1CCOCC1. The molecule has 6 heteroatoms. The van der Waals surface area contributed by atoms with Crippen molar-refractivity contribution >= 4 is 5.96 Å². The van der Waals surface area contributed by atoms with Gasteiger partial charge in [0.25, 0.3) is 0 Å². The van der Waals surface area contributed by atoms with E-state index in [2.05, 4.69) is 39.1 Å². The number of aliphatic imine (C=N–C) groups is 1. The first-order chi connectivity index (χ1) is 11.7. The Morgan fingerprint density at radius 2 is 1.79 bits per heavy atom. The Morgan fingerprint density at radius 3 is 2.50 bits per heavy atom. The van der Waals surface area contributed by atoms with Gasteiger partial charge >= 0.3 is 0 Å². The molecule has 0 unspecified atom stereocenters. The Kier molecular flexibility index (Phi) is 6.07. The number of piperidine rings is 1. The molecule has 0 aromatic heterocycles. The van der Waals surface area contributed by atoms with Crippen LogP contribution in [0.25, 0.3) is 0 Å². The zero-order valence-corrected chi connectivity index (χ0v) is 14.2. The summed E-state index contributed by atoms with van der Waals surface area (Å²) in [6, 6.07) is 8.43. The summed E-state index contributed by atoms with van der Waals surface area (Å²) in [5.41, 5.74) is 8.65. The number of aliphatic hydroxyl groups is 1. The third-order valence-electron chi connectivity index (χ3n) is 4.82. The summed E-state index contributed by atoms with van der Waals surface area (Å²) >= 11 is 0. The minimum Gasteiger partial charge on any atom is -0.393 e. The minimum atomic E-state index is -0.130. The maximum atomic E-state index is 9.64. The second kappa shape index (κ2) is 8.46. The number of aliphatic hydroxyl groups excluding tert-OH is 1. The highest BCUT2D eigenvalue weighted by Gasteiger charge is 2.18. The molecular formula is C18H28N4O2. The summed E-state index contributed by atoms with van der Waals surface area (Å²) in [5.74, 6) is 0.606. The maximum absolute atomic E-state index is 9.64. The topological polar surface area (TPSA) is 74.3 Å². The smallest absolute Gasteiger partial charge is 0.191 e. The monoisotopic (exact) mass is 332 g/mol. The molecule has 0 amide bonds. The van der Waals surface area contributed by atoms with Crippen LogP contribution in [0.4, 0.5) is 0 Å². The van der Waals surface area contributed by atoms with Gasteiger partial charge in [0.2, 0.25) is 0 Å². The van der Waals surface area contributed by atoms with E-state index in [-0.39, 0.29) is 6.10 Å². The largest absolute Gasteiger partial charge is 0.393 e. The van der Waals surface area contributed by atoms with E-state index in [1.165, 1.54) is 11.1 Å². The zero-order valence-electron chi connectivity index (χ0n) is 14.2. The molecule has 0 saturated carbocycles. The molecule has 132 valence electrons. The molecule has 2 saturated heterocycles. The van der Waals surface area contributed by atoms with E-state index in [0.29, 0.717) is 25.7 Å². The molecule has 2 fully saturated rings. The molecule has 0 atom stereocenters. The standard InChI is InChI=1S/C18H28N4O2/c19-18(22-9-11-24-12-10-22)20-13-15-3-1-2-4-16(15)14-21-7-5-17(23)6-8-21/h1-4,17,23H,5-14H2,(H2,19,20). The summed E-state index contributed by atoms with van der Waals surface area (Å²) in [5, 5.41) is 9.64. The van der Waals surface area contributed by atoms with Crippen LogP contribution in [-0.4, -0.2) is 66.4 Å². The van der Waals surface area contributed by atoms with Crippen molar-refractivity contribution in [2.45, 2.75) is 32.0 Å². The fourth-order valence-electron chi connectivity index (χ4n) is 3.24. The number of ether oxygens (including phenoxy) is 1. The number of nitrogens with two attached hydrogens (primary N) is 1. The predicted octanol–water partition coefficient (Wildman–Crippen LogP) is 0.790. The van der Waals surface area contributed by atoms with Crippen LogP contribution in [0, 0.1) is 0 Å². The summed E-state index contributed by atoms with van der Waals surface area (Å²) in [6.45, 7) is 6.48. The molecule has 0 bridgehead atoms. The van der Waals surface area contributed by atoms with E-state index in [1.807, 2.05) is 0 Å². The molecule has 1 aromatic carbocycles. The van der Waals surface area contributed by atoms with Crippen LogP contribution in [0.1, 0.15) is 24.0 Å². The molecule has 3 N–H and O–H groups in total. The molecule has 0 aliphatic carbocycles. The van der Waals surface area contributed by atoms with Gasteiger partial charge in [-0.1, -0.05) is 24.3 Å². The van der Waals surface area contributed by atoms with Crippen LogP contribution in [-0.2, 0) is 17.8 Å². The van der Waals surface area contributed by atoms with Gasteiger partial charge in [0.1, 0.15) is 0 Å². The average Bonchev–Trinajstić information content (AvgIpc) is 2.63. The van der Waals surface area contributed by atoms with Crippen molar-refractivity contribution in [2.24, 2.45) is 10.7 Å². The van der Waals surface area contributed by atoms with Gasteiger partial charge in [-0.25, -0.2) is 4.99 Å². The van der Waals surface area contributed by atoms with E-state index >= 15 is 0 Å². The number of benzene rings is 1. The number of likely N-dealkylation sites (tertiary alicyclic amines) is 1. The molecule has 24 heavy (non-hydrogen) atoms. The van der Waals surface area contributed by atoms with Crippen molar-refractivity contribution in [3.63, 3.8) is 0 Å². The molecular weight excluding hydrogens is 304 g/mol. The van der Waals surface area contributed by atoms with Gasteiger partial charge in [-0.2, -0.15) is 0 Å². The molecule has 2 heterocycles. The highest BCUT2D eigenvalue weighted by atomic mass is 16.5. The Bertz CT molecular complexity index is 550. The fraction of sp³-hybridized carbons (Fsp3) is 0.611. The number of hydrogen-bond acceptors (Lipinski definition) is 4. The molecule has 0 radical (unpaired) electrons. The van der Waals surface area contributed by atoms with Crippen molar-refractivity contribution in [1.82, 2.24) is 9.80 Å². The Hall–Kier alpha value is -1.63. The first kappa shape index (κ1) is 17.2. The number of hydrogen-bond donors (Lipinski definition) is 2. The third kappa shape index (κ3) is 4.69. The number of rotatable bonds is 4. The summed E-state index contributed by atoms with van der Waals surface area (Å²) in [7, 11) is 0. The van der Waals surface area contributed by atoms with Gasteiger partial charge in [-0.05, 0) is 24.0 Å². The minimum absolute atomic E-state index is 0.130. The van der Waals surface area contributed by atoms with E-state index in [4.69, 9.17) is 10.5 Å². The van der Waals surface area contributed by atoms with Crippen molar-refractivity contribution < 1.29 is 9.84 Å². The van der Waals surface area contributed by atoms with E-state index in [0.717, 1.165) is 45.6 Å². The summed E-state index contributed by atoms with van der Waals surface area (Å²) < 4.78 is 5.35. The Labute approximate surface area is 143 Å². The lowest BCUT2D eigenvalue weighted by molar-refractivity contribution is 0.0674. The van der Waals surface area contributed by atoms with Gasteiger partial charge in [-0.15, -0.1) is 0 Å². The van der Waals surface area contributed by atoms with Gasteiger partial charge < -0.3 is 20.5 Å². The first-order valence-corrected chi connectivity index (χ1v) is 8.82. The normalized spacial score (nSPS) is 21.2. The zero-order chi connectivity index (χ0) is 16.8. The average molecular weight is 332 g/mol. The highest BCUT2D eigenvalue weighted by Crippen LogP contribution is 2.17. The van der Waals surface area contributed by atoms with E-state index in [1.54, 1.807) is 0 Å². The number of morpholine rings is 1. The van der Waals surface area contributed by atoms with Crippen LogP contribution >= 0.6 is 0 Å².